The monoisotopic (exact) mass is 273 g/mol. The van der Waals surface area contributed by atoms with E-state index in [1.165, 1.54) is 12.0 Å². The van der Waals surface area contributed by atoms with Gasteiger partial charge < -0.3 is 11.1 Å². The van der Waals surface area contributed by atoms with Crippen molar-refractivity contribution in [2.75, 3.05) is 6.54 Å². The van der Waals surface area contributed by atoms with Gasteiger partial charge in [0.1, 0.15) is 0 Å². The number of hydrogen-bond acceptors (Lipinski definition) is 4. The highest BCUT2D eigenvalue weighted by Crippen LogP contribution is 2.40. The van der Waals surface area contributed by atoms with E-state index in [0.29, 0.717) is 18.5 Å². The molecule has 2 atom stereocenters. The molecule has 1 saturated carbocycles. The van der Waals surface area contributed by atoms with Gasteiger partial charge in [-0.2, -0.15) is 0 Å². The standard InChI is InChI=1S/C15H19N3S/c16-7-6-15-18-12(10-19-15)9-17-14-8-13(14)11-4-2-1-3-5-11/h1-5,10,13-14,17H,6-9,16H2. The molecule has 2 aromatic rings. The van der Waals surface area contributed by atoms with Crippen molar-refractivity contribution < 1.29 is 0 Å². The summed E-state index contributed by atoms with van der Waals surface area (Å²) >= 11 is 1.71. The molecule has 2 unspecified atom stereocenters. The van der Waals surface area contributed by atoms with Gasteiger partial charge >= 0.3 is 0 Å². The maximum absolute atomic E-state index is 5.54. The molecular formula is C15H19N3S. The van der Waals surface area contributed by atoms with Crippen LogP contribution >= 0.6 is 11.3 Å². The van der Waals surface area contributed by atoms with E-state index in [1.54, 1.807) is 11.3 Å². The Morgan fingerprint density at radius 1 is 1.32 bits per heavy atom. The Hall–Kier alpha value is -1.23. The fourth-order valence-corrected chi connectivity index (χ4v) is 3.21. The van der Waals surface area contributed by atoms with E-state index >= 15 is 0 Å². The van der Waals surface area contributed by atoms with Crippen molar-refractivity contribution in [3.63, 3.8) is 0 Å². The third kappa shape index (κ3) is 3.21. The molecule has 3 N–H and O–H groups in total. The van der Waals surface area contributed by atoms with Gasteiger partial charge in [0, 0.05) is 30.3 Å². The van der Waals surface area contributed by atoms with Gasteiger partial charge in [0.15, 0.2) is 0 Å². The first kappa shape index (κ1) is 12.8. The summed E-state index contributed by atoms with van der Waals surface area (Å²) in [5, 5.41) is 6.87. The third-order valence-electron chi connectivity index (χ3n) is 3.52. The summed E-state index contributed by atoms with van der Waals surface area (Å²) in [4.78, 5) is 4.57. The smallest absolute Gasteiger partial charge is 0.0941 e. The number of nitrogens with zero attached hydrogens (tertiary/aromatic N) is 1. The molecule has 0 radical (unpaired) electrons. The highest BCUT2D eigenvalue weighted by atomic mass is 32.1. The van der Waals surface area contributed by atoms with Gasteiger partial charge in [-0.15, -0.1) is 11.3 Å². The Labute approximate surface area is 117 Å². The fraction of sp³-hybridized carbons (Fsp3) is 0.400. The van der Waals surface area contributed by atoms with Crippen molar-refractivity contribution in [3.8, 4) is 0 Å². The Morgan fingerprint density at radius 3 is 2.95 bits per heavy atom. The van der Waals surface area contributed by atoms with Crippen LogP contribution in [0.3, 0.4) is 0 Å². The molecule has 1 fully saturated rings. The van der Waals surface area contributed by atoms with E-state index in [4.69, 9.17) is 5.73 Å². The first-order valence-corrected chi connectivity index (χ1v) is 7.66. The predicted octanol–water partition coefficient (Wildman–Crippen LogP) is 2.29. The molecule has 1 aromatic heterocycles. The predicted molar refractivity (Wildman–Crippen MR) is 79.3 cm³/mol. The van der Waals surface area contributed by atoms with Crippen LogP contribution in [0.15, 0.2) is 35.7 Å². The van der Waals surface area contributed by atoms with Crippen molar-refractivity contribution in [2.24, 2.45) is 5.73 Å². The van der Waals surface area contributed by atoms with Gasteiger partial charge in [0.05, 0.1) is 10.7 Å². The maximum Gasteiger partial charge on any atom is 0.0941 e. The molecule has 3 rings (SSSR count). The zero-order valence-electron chi connectivity index (χ0n) is 10.9. The Morgan fingerprint density at radius 2 is 2.16 bits per heavy atom. The molecule has 1 aliphatic carbocycles. The highest BCUT2D eigenvalue weighted by Gasteiger charge is 2.37. The zero-order chi connectivity index (χ0) is 13.1. The number of hydrogen-bond donors (Lipinski definition) is 2. The lowest BCUT2D eigenvalue weighted by Crippen LogP contribution is -2.17. The molecule has 1 aliphatic rings. The molecule has 0 spiro atoms. The lowest BCUT2D eigenvalue weighted by molar-refractivity contribution is 0.661. The minimum Gasteiger partial charge on any atom is -0.330 e. The summed E-state index contributed by atoms with van der Waals surface area (Å²) in [6, 6.07) is 11.3. The van der Waals surface area contributed by atoms with Gasteiger partial charge in [0.25, 0.3) is 0 Å². The zero-order valence-corrected chi connectivity index (χ0v) is 11.7. The number of aromatic nitrogens is 1. The second-order valence-corrected chi connectivity index (χ2v) is 5.95. The van der Waals surface area contributed by atoms with Crippen molar-refractivity contribution in [1.29, 1.82) is 0 Å². The highest BCUT2D eigenvalue weighted by molar-refractivity contribution is 7.09. The van der Waals surface area contributed by atoms with E-state index in [2.05, 4.69) is 46.0 Å². The van der Waals surface area contributed by atoms with Crippen LogP contribution in [0, 0.1) is 0 Å². The average molecular weight is 273 g/mol. The van der Waals surface area contributed by atoms with E-state index in [-0.39, 0.29) is 0 Å². The molecule has 0 aliphatic heterocycles. The third-order valence-corrected chi connectivity index (χ3v) is 4.48. The largest absolute Gasteiger partial charge is 0.330 e. The summed E-state index contributed by atoms with van der Waals surface area (Å²) in [7, 11) is 0. The maximum atomic E-state index is 5.54. The minimum atomic E-state index is 0.613. The lowest BCUT2D eigenvalue weighted by atomic mass is 10.1. The summed E-state index contributed by atoms with van der Waals surface area (Å²) in [6.45, 7) is 1.55. The van der Waals surface area contributed by atoms with Gasteiger partial charge in [-0.3, -0.25) is 0 Å². The number of thiazole rings is 1. The van der Waals surface area contributed by atoms with Gasteiger partial charge in [-0.25, -0.2) is 4.98 Å². The first-order chi connectivity index (χ1) is 9.36. The first-order valence-electron chi connectivity index (χ1n) is 6.78. The topological polar surface area (TPSA) is 50.9 Å². The van der Waals surface area contributed by atoms with Crippen LogP contribution in [0.1, 0.15) is 28.6 Å². The quantitative estimate of drug-likeness (QED) is 0.849. The molecular weight excluding hydrogens is 254 g/mol. The van der Waals surface area contributed by atoms with Crippen LogP contribution < -0.4 is 11.1 Å². The number of nitrogens with one attached hydrogen (secondary N) is 1. The minimum absolute atomic E-state index is 0.613. The fourth-order valence-electron chi connectivity index (χ4n) is 2.39. The van der Waals surface area contributed by atoms with Crippen LogP contribution in [-0.4, -0.2) is 17.6 Å². The SMILES string of the molecule is NCCc1nc(CNC2CC2c2ccccc2)cs1. The van der Waals surface area contributed by atoms with Crippen molar-refractivity contribution in [3.05, 3.63) is 52.0 Å². The van der Waals surface area contributed by atoms with Crippen LogP contribution in [0.5, 0.6) is 0 Å². The van der Waals surface area contributed by atoms with E-state index in [1.807, 2.05) is 0 Å². The molecule has 1 heterocycles. The Kier molecular flexibility index (Phi) is 3.92. The average Bonchev–Trinajstić information content (AvgIpc) is 3.10. The van der Waals surface area contributed by atoms with Crippen molar-refractivity contribution >= 4 is 11.3 Å². The van der Waals surface area contributed by atoms with Crippen LogP contribution in [0.2, 0.25) is 0 Å². The van der Waals surface area contributed by atoms with Crippen molar-refractivity contribution in [1.82, 2.24) is 10.3 Å². The van der Waals surface area contributed by atoms with Gasteiger partial charge in [-0.1, -0.05) is 30.3 Å². The molecule has 0 amide bonds. The molecule has 3 nitrogen and oxygen atoms in total. The Balaban J connectivity index is 1.49. The van der Waals surface area contributed by atoms with Crippen LogP contribution in [0.25, 0.3) is 0 Å². The number of nitrogens with two attached hydrogens (primary N) is 1. The number of benzene rings is 1. The van der Waals surface area contributed by atoms with Gasteiger partial charge in [0.2, 0.25) is 0 Å². The lowest BCUT2D eigenvalue weighted by Gasteiger charge is -2.02. The summed E-state index contributed by atoms with van der Waals surface area (Å²) in [5.74, 6) is 0.684. The second-order valence-electron chi connectivity index (χ2n) is 5.01. The second kappa shape index (κ2) is 5.82. The van der Waals surface area contributed by atoms with E-state index in [0.717, 1.165) is 23.7 Å². The Bertz CT molecular complexity index is 523. The molecule has 19 heavy (non-hydrogen) atoms. The van der Waals surface area contributed by atoms with Gasteiger partial charge in [-0.05, 0) is 18.5 Å². The molecule has 1 aromatic carbocycles. The summed E-state index contributed by atoms with van der Waals surface area (Å²) < 4.78 is 0. The summed E-state index contributed by atoms with van der Waals surface area (Å²) in [6.07, 6.45) is 2.13. The summed E-state index contributed by atoms with van der Waals surface area (Å²) in [5.41, 5.74) is 8.13. The van der Waals surface area contributed by atoms with Crippen LogP contribution in [-0.2, 0) is 13.0 Å². The molecule has 100 valence electrons. The molecule has 4 heteroatoms. The number of rotatable bonds is 6. The molecule has 0 saturated heterocycles. The van der Waals surface area contributed by atoms with E-state index in [9.17, 15) is 0 Å². The van der Waals surface area contributed by atoms with Crippen LogP contribution in [0.4, 0.5) is 0 Å². The molecule has 0 bridgehead atoms. The van der Waals surface area contributed by atoms with Crippen molar-refractivity contribution in [2.45, 2.75) is 31.3 Å². The normalized spacial score (nSPS) is 21.5. The van der Waals surface area contributed by atoms with E-state index < -0.39 is 0 Å².